The quantitative estimate of drug-likeness (QED) is 0.755. The van der Waals surface area contributed by atoms with Gasteiger partial charge in [0.15, 0.2) is 0 Å². The molecule has 0 amide bonds. The first-order valence-corrected chi connectivity index (χ1v) is 4.87. The normalized spacial score (nSPS) is 17.1. The highest BCUT2D eigenvalue weighted by Gasteiger charge is 2.15. The maximum Gasteiger partial charge on any atom is 0.202 e. The standard InChI is InChI=1S/C9H11ClN2O2/c10-8-7(13)1-2-11-9(8)12-3-5-14-6-4-12/h1-2H,3-6H2,(H,11,13). The van der Waals surface area contributed by atoms with Gasteiger partial charge in [-0.05, 0) is 0 Å². The smallest absolute Gasteiger partial charge is 0.202 e. The third-order valence-electron chi connectivity index (χ3n) is 2.21. The maximum absolute atomic E-state index is 11.3. The lowest BCUT2D eigenvalue weighted by molar-refractivity contribution is 0.122. The van der Waals surface area contributed by atoms with Crippen LogP contribution in [0.3, 0.4) is 0 Å². The number of hydrogen-bond donors (Lipinski definition) is 1. The molecule has 4 nitrogen and oxygen atoms in total. The number of ether oxygens (including phenoxy) is 1. The number of nitrogens with zero attached hydrogens (tertiary/aromatic N) is 1. The fourth-order valence-corrected chi connectivity index (χ4v) is 1.70. The van der Waals surface area contributed by atoms with Gasteiger partial charge in [0.2, 0.25) is 5.43 Å². The van der Waals surface area contributed by atoms with Crippen molar-refractivity contribution in [1.82, 2.24) is 4.98 Å². The van der Waals surface area contributed by atoms with E-state index in [2.05, 4.69) is 4.98 Å². The molecule has 0 radical (unpaired) electrons. The molecule has 0 bridgehead atoms. The molecule has 1 saturated heterocycles. The van der Waals surface area contributed by atoms with Gasteiger partial charge in [0.25, 0.3) is 0 Å². The Hall–Kier alpha value is -1.00. The number of morpholine rings is 1. The minimum atomic E-state index is -0.146. The zero-order valence-corrected chi connectivity index (χ0v) is 8.38. The van der Waals surface area contributed by atoms with Crippen LogP contribution in [0.5, 0.6) is 0 Å². The van der Waals surface area contributed by atoms with Crippen molar-refractivity contribution in [3.8, 4) is 0 Å². The average Bonchev–Trinajstić information content (AvgIpc) is 2.23. The summed E-state index contributed by atoms with van der Waals surface area (Å²) in [5.74, 6) is 0.697. The largest absolute Gasteiger partial charge is 0.378 e. The van der Waals surface area contributed by atoms with Crippen LogP contribution in [-0.2, 0) is 4.74 Å². The summed E-state index contributed by atoms with van der Waals surface area (Å²) in [6.45, 7) is 2.87. The van der Waals surface area contributed by atoms with Gasteiger partial charge in [-0.25, -0.2) is 0 Å². The summed E-state index contributed by atoms with van der Waals surface area (Å²) < 4.78 is 5.21. The molecule has 1 fully saturated rings. The third-order valence-corrected chi connectivity index (χ3v) is 2.57. The molecule has 2 heterocycles. The second-order valence-electron chi connectivity index (χ2n) is 3.10. The molecule has 0 aromatic carbocycles. The van der Waals surface area contributed by atoms with Crippen LogP contribution in [0.4, 0.5) is 5.82 Å². The van der Waals surface area contributed by atoms with Crippen molar-refractivity contribution >= 4 is 17.4 Å². The lowest BCUT2D eigenvalue weighted by Gasteiger charge is -2.28. The molecule has 2 rings (SSSR count). The zero-order valence-electron chi connectivity index (χ0n) is 7.62. The Bertz CT molecular complexity index is 371. The van der Waals surface area contributed by atoms with Crippen LogP contribution in [0.2, 0.25) is 5.02 Å². The van der Waals surface area contributed by atoms with Crippen LogP contribution in [-0.4, -0.2) is 31.3 Å². The number of H-pyrrole nitrogens is 1. The van der Waals surface area contributed by atoms with E-state index in [9.17, 15) is 4.79 Å². The van der Waals surface area contributed by atoms with Crippen LogP contribution >= 0.6 is 11.6 Å². The number of anilines is 1. The second kappa shape index (κ2) is 4.02. The van der Waals surface area contributed by atoms with Gasteiger partial charge in [-0.3, -0.25) is 4.79 Å². The molecule has 76 valence electrons. The maximum atomic E-state index is 11.3. The molecule has 5 heteroatoms. The van der Waals surface area contributed by atoms with E-state index in [4.69, 9.17) is 16.3 Å². The zero-order chi connectivity index (χ0) is 9.97. The monoisotopic (exact) mass is 214 g/mol. The van der Waals surface area contributed by atoms with Crippen LogP contribution < -0.4 is 10.3 Å². The van der Waals surface area contributed by atoms with Gasteiger partial charge in [0.1, 0.15) is 10.8 Å². The lowest BCUT2D eigenvalue weighted by Crippen LogP contribution is -2.37. The van der Waals surface area contributed by atoms with E-state index in [0.29, 0.717) is 19.0 Å². The SMILES string of the molecule is O=c1cc[nH]c(N2CCOCC2)c1Cl. The van der Waals surface area contributed by atoms with Gasteiger partial charge < -0.3 is 14.6 Å². The van der Waals surface area contributed by atoms with Crippen LogP contribution in [0.25, 0.3) is 0 Å². The van der Waals surface area contributed by atoms with Crippen LogP contribution in [0.15, 0.2) is 17.1 Å². The first-order valence-electron chi connectivity index (χ1n) is 4.49. The van der Waals surface area contributed by atoms with Gasteiger partial charge in [-0.15, -0.1) is 0 Å². The molecule has 1 N–H and O–H groups in total. The summed E-state index contributed by atoms with van der Waals surface area (Å²) in [5, 5.41) is 0.259. The molecule has 0 aliphatic carbocycles. The van der Waals surface area contributed by atoms with Crippen LogP contribution in [0, 0.1) is 0 Å². The van der Waals surface area contributed by atoms with Gasteiger partial charge >= 0.3 is 0 Å². The van der Waals surface area contributed by atoms with Crippen molar-refractivity contribution in [3.05, 3.63) is 27.5 Å². The first-order chi connectivity index (χ1) is 6.79. The van der Waals surface area contributed by atoms with E-state index in [-0.39, 0.29) is 10.5 Å². The summed E-state index contributed by atoms with van der Waals surface area (Å²) in [7, 11) is 0. The van der Waals surface area contributed by atoms with Crippen molar-refractivity contribution in [2.24, 2.45) is 0 Å². The number of halogens is 1. The summed E-state index contributed by atoms with van der Waals surface area (Å²) in [6, 6.07) is 1.42. The molecule has 0 saturated carbocycles. The molecule has 1 aromatic rings. The van der Waals surface area contributed by atoms with Crippen molar-refractivity contribution in [2.75, 3.05) is 31.2 Å². The van der Waals surface area contributed by atoms with Gasteiger partial charge in [0.05, 0.1) is 13.2 Å². The topological polar surface area (TPSA) is 45.3 Å². The predicted molar refractivity (Wildman–Crippen MR) is 55.1 cm³/mol. The summed E-state index contributed by atoms with van der Waals surface area (Å²) in [5.41, 5.74) is -0.146. The third kappa shape index (κ3) is 1.76. The molecule has 1 aromatic heterocycles. The van der Waals surface area contributed by atoms with Crippen LogP contribution in [0.1, 0.15) is 0 Å². The summed E-state index contributed by atoms with van der Waals surface area (Å²) in [6.07, 6.45) is 1.61. The van der Waals surface area contributed by atoms with Gasteiger partial charge in [-0.2, -0.15) is 0 Å². The van der Waals surface area contributed by atoms with Gasteiger partial charge in [-0.1, -0.05) is 11.6 Å². The lowest BCUT2D eigenvalue weighted by atomic mass is 10.3. The minimum absolute atomic E-state index is 0.146. The average molecular weight is 215 g/mol. The highest BCUT2D eigenvalue weighted by atomic mass is 35.5. The van der Waals surface area contributed by atoms with Crippen molar-refractivity contribution < 1.29 is 4.74 Å². The Balaban J connectivity index is 2.30. The highest BCUT2D eigenvalue weighted by molar-refractivity contribution is 6.32. The van der Waals surface area contributed by atoms with E-state index in [1.165, 1.54) is 6.07 Å². The number of hydrogen-bond acceptors (Lipinski definition) is 3. The Morgan fingerprint density at radius 3 is 2.86 bits per heavy atom. The highest BCUT2D eigenvalue weighted by Crippen LogP contribution is 2.19. The summed E-state index contributed by atoms with van der Waals surface area (Å²) >= 11 is 5.90. The summed E-state index contributed by atoms with van der Waals surface area (Å²) in [4.78, 5) is 16.3. The number of pyridine rings is 1. The number of aromatic amines is 1. The first kappa shape index (κ1) is 9.55. The van der Waals surface area contributed by atoms with E-state index in [1.807, 2.05) is 4.90 Å². The van der Waals surface area contributed by atoms with Gasteiger partial charge in [0, 0.05) is 25.4 Å². The second-order valence-corrected chi connectivity index (χ2v) is 3.48. The molecule has 0 atom stereocenters. The van der Waals surface area contributed by atoms with E-state index >= 15 is 0 Å². The molecular weight excluding hydrogens is 204 g/mol. The number of nitrogens with one attached hydrogen (secondary N) is 1. The fourth-order valence-electron chi connectivity index (χ4n) is 1.47. The van der Waals surface area contributed by atoms with Crippen molar-refractivity contribution in [2.45, 2.75) is 0 Å². The Labute approximate surface area is 86.4 Å². The van der Waals surface area contributed by atoms with E-state index in [1.54, 1.807) is 6.20 Å². The fraction of sp³-hybridized carbons (Fsp3) is 0.444. The van der Waals surface area contributed by atoms with E-state index in [0.717, 1.165) is 13.1 Å². The molecule has 0 unspecified atom stereocenters. The minimum Gasteiger partial charge on any atom is -0.378 e. The Kier molecular flexibility index (Phi) is 2.74. The predicted octanol–water partition coefficient (Wildman–Crippen LogP) is 0.865. The Morgan fingerprint density at radius 2 is 2.14 bits per heavy atom. The number of rotatable bonds is 1. The molecule has 1 aliphatic heterocycles. The van der Waals surface area contributed by atoms with E-state index < -0.39 is 0 Å². The van der Waals surface area contributed by atoms with Crippen molar-refractivity contribution in [1.29, 1.82) is 0 Å². The molecule has 1 aliphatic rings. The molecular formula is C9H11ClN2O2. The van der Waals surface area contributed by atoms with Crippen molar-refractivity contribution in [3.63, 3.8) is 0 Å². The molecule has 14 heavy (non-hydrogen) atoms. The number of aromatic nitrogens is 1. The Morgan fingerprint density at radius 1 is 1.43 bits per heavy atom. The molecule has 0 spiro atoms.